The molecule has 0 radical (unpaired) electrons. The minimum Gasteiger partial charge on any atom is -0.616 e. The smallest absolute Gasteiger partial charge is 0.152 e. The third-order valence-electron chi connectivity index (χ3n) is 4.70. The molecule has 0 spiro atoms. The first-order valence-corrected chi connectivity index (χ1v) is 9.97. The van der Waals surface area contributed by atoms with Gasteiger partial charge in [0.25, 0.3) is 0 Å². The lowest BCUT2D eigenvalue weighted by Crippen LogP contribution is -2.35. The van der Waals surface area contributed by atoms with Gasteiger partial charge in [0.05, 0.1) is 17.8 Å². The summed E-state index contributed by atoms with van der Waals surface area (Å²) in [5.74, 6) is 3.91. The topological polar surface area (TPSA) is 99.9 Å². The van der Waals surface area contributed by atoms with E-state index in [4.69, 9.17) is 16.4 Å². The molecule has 0 aromatic heterocycles. The second-order valence-electron chi connectivity index (χ2n) is 6.64. The van der Waals surface area contributed by atoms with Gasteiger partial charge in [0.2, 0.25) is 0 Å². The number of oxime groups is 1. The molecule has 0 bridgehead atoms. The van der Waals surface area contributed by atoms with Gasteiger partial charge >= 0.3 is 0 Å². The van der Waals surface area contributed by atoms with E-state index in [1.54, 1.807) is 0 Å². The summed E-state index contributed by atoms with van der Waals surface area (Å²) in [6.45, 7) is 0.286. The summed E-state index contributed by atoms with van der Waals surface area (Å²) < 4.78 is 55.7. The van der Waals surface area contributed by atoms with E-state index in [0.29, 0.717) is 12.1 Å². The highest BCUT2D eigenvalue weighted by Gasteiger charge is 2.43. The van der Waals surface area contributed by atoms with Crippen LogP contribution in [0.3, 0.4) is 0 Å². The van der Waals surface area contributed by atoms with Crippen molar-refractivity contribution in [1.82, 2.24) is 5.01 Å². The van der Waals surface area contributed by atoms with Crippen LogP contribution in [0.1, 0.15) is 30.4 Å². The Hall–Kier alpha value is -1.91. The average molecular weight is 402 g/mol. The molecule has 1 unspecified atom stereocenters. The molecule has 1 saturated heterocycles. The summed E-state index contributed by atoms with van der Waals surface area (Å²) in [6, 6.07) is 2.13. The minimum atomic E-state index is -2.15. The normalized spacial score (nSPS) is 28.3. The van der Waals surface area contributed by atoms with Crippen LogP contribution in [-0.4, -0.2) is 39.4 Å². The number of nitrogens with zero attached hydrogens (tertiary/aromatic N) is 2. The van der Waals surface area contributed by atoms with Crippen molar-refractivity contribution in [2.45, 2.75) is 31.0 Å². The molecule has 2 aliphatic rings. The molecular weight excluding hydrogens is 381 g/mol. The van der Waals surface area contributed by atoms with Crippen molar-refractivity contribution in [3.8, 4) is 0 Å². The minimum absolute atomic E-state index is 0.0895. The highest BCUT2D eigenvalue weighted by Crippen LogP contribution is 2.41. The number of halogens is 3. The van der Waals surface area contributed by atoms with Gasteiger partial charge in [0.15, 0.2) is 11.8 Å². The van der Waals surface area contributed by atoms with E-state index in [1.807, 2.05) is 0 Å². The average Bonchev–Trinajstić information content (AvgIpc) is 3.06. The highest BCUT2D eigenvalue weighted by molar-refractivity contribution is 7.91. The molecule has 6 nitrogen and oxygen atoms in total. The Morgan fingerprint density at radius 3 is 2.56 bits per heavy atom. The van der Waals surface area contributed by atoms with Crippen molar-refractivity contribution in [3.05, 3.63) is 47.3 Å². The second kappa shape index (κ2) is 7.99. The largest absolute Gasteiger partial charge is 0.616 e. The van der Waals surface area contributed by atoms with Gasteiger partial charge in [0, 0.05) is 37.2 Å². The SMILES string of the molecule is N/C=C\N(N)CC1CC(c2cc(F)c(C3(F)CC[S+]([O-])CC3)c(F)c2)=NO1. The zero-order valence-electron chi connectivity index (χ0n) is 14.5. The quantitative estimate of drug-likeness (QED) is 0.444. The fourth-order valence-corrected chi connectivity index (χ4v) is 4.61. The molecule has 27 heavy (non-hydrogen) atoms. The predicted octanol–water partition coefficient (Wildman–Crippen LogP) is 1.77. The number of benzene rings is 1. The van der Waals surface area contributed by atoms with Crippen molar-refractivity contribution in [2.75, 3.05) is 18.1 Å². The van der Waals surface area contributed by atoms with Gasteiger partial charge in [-0.25, -0.2) is 19.0 Å². The lowest BCUT2D eigenvalue weighted by molar-refractivity contribution is 0.0640. The molecule has 3 rings (SSSR count). The Morgan fingerprint density at radius 2 is 1.96 bits per heavy atom. The van der Waals surface area contributed by atoms with Crippen LogP contribution < -0.4 is 11.6 Å². The first-order chi connectivity index (χ1) is 12.8. The molecule has 4 N–H and O–H groups in total. The molecule has 0 saturated carbocycles. The fourth-order valence-electron chi connectivity index (χ4n) is 3.30. The number of hydrogen-bond acceptors (Lipinski definition) is 6. The molecule has 2 heterocycles. The van der Waals surface area contributed by atoms with Crippen LogP contribution >= 0.6 is 0 Å². The van der Waals surface area contributed by atoms with E-state index in [2.05, 4.69) is 5.16 Å². The summed E-state index contributed by atoms with van der Waals surface area (Å²) in [7, 11) is 0. The molecule has 0 aliphatic carbocycles. The Bertz CT molecular complexity index is 731. The maximum Gasteiger partial charge on any atom is 0.152 e. The number of hydrogen-bond donors (Lipinski definition) is 2. The third-order valence-corrected chi connectivity index (χ3v) is 6.02. The van der Waals surface area contributed by atoms with Gasteiger partial charge in [0.1, 0.15) is 23.1 Å². The van der Waals surface area contributed by atoms with E-state index in [1.165, 1.54) is 17.4 Å². The maximum absolute atomic E-state index is 15.1. The Morgan fingerprint density at radius 1 is 1.33 bits per heavy atom. The molecule has 148 valence electrons. The van der Waals surface area contributed by atoms with Crippen molar-refractivity contribution in [2.24, 2.45) is 16.7 Å². The van der Waals surface area contributed by atoms with Crippen LogP contribution in [0.15, 0.2) is 29.7 Å². The lowest BCUT2D eigenvalue weighted by Gasteiger charge is -2.31. The lowest BCUT2D eigenvalue weighted by atomic mass is 9.87. The number of nitrogens with two attached hydrogens (primary N) is 2. The number of hydrazine groups is 1. The van der Waals surface area contributed by atoms with Crippen LogP contribution in [-0.2, 0) is 21.7 Å². The molecule has 0 amide bonds. The second-order valence-corrected chi connectivity index (χ2v) is 8.33. The fraction of sp³-hybridized carbons (Fsp3) is 0.471. The van der Waals surface area contributed by atoms with Gasteiger partial charge in [-0.15, -0.1) is 0 Å². The van der Waals surface area contributed by atoms with Crippen molar-refractivity contribution < 1.29 is 22.6 Å². The maximum atomic E-state index is 15.1. The van der Waals surface area contributed by atoms with E-state index >= 15 is 4.39 Å². The monoisotopic (exact) mass is 402 g/mol. The molecule has 10 heteroatoms. The van der Waals surface area contributed by atoms with E-state index in [-0.39, 0.29) is 36.5 Å². The molecule has 2 aliphatic heterocycles. The summed E-state index contributed by atoms with van der Waals surface area (Å²) in [5.41, 5.74) is 3.05. The van der Waals surface area contributed by atoms with Crippen LogP contribution in [0.2, 0.25) is 0 Å². The predicted molar refractivity (Wildman–Crippen MR) is 96.5 cm³/mol. The molecule has 1 atom stereocenters. The van der Waals surface area contributed by atoms with E-state index in [9.17, 15) is 13.3 Å². The molecule has 1 fully saturated rings. The summed E-state index contributed by atoms with van der Waals surface area (Å²) >= 11 is -1.14. The summed E-state index contributed by atoms with van der Waals surface area (Å²) in [6.07, 6.45) is 2.29. The Labute approximate surface area is 158 Å². The van der Waals surface area contributed by atoms with Crippen LogP contribution in [0.5, 0.6) is 0 Å². The molecule has 1 aromatic carbocycles. The molecule has 1 aromatic rings. The van der Waals surface area contributed by atoms with Gasteiger partial charge in [-0.05, 0) is 12.1 Å². The first-order valence-electron chi connectivity index (χ1n) is 8.48. The summed E-state index contributed by atoms with van der Waals surface area (Å²) in [4.78, 5) is 5.23. The zero-order valence-corrected chi connectivity index (χ0v) is 15.4. The van der Waals surface area contributed by atoms with E-state index < -0.39 is 40.1 Å². The first kappa shape index (κ1) is 19.8. The standard InChI is InChI=1S/C17H21F3N4O2S/c18-13-7-11(15-9-12(26-23-15)10-24(22)4-3-21)8-14(19)16(13)17(20)1-5-27(25)6-2-17/h3-4,7-8,12H,1-2,5-6,9-10,21-22H2/b4-3-. The zero-order chi connectivity index (χ0) is 19.6. The van der Waals surface area contributed by atoms with Crippen molar-refractivity contribution >= 4 is 16.9 Å². The van der Waals surface area contributed by atoms with Crippen molar-refractivity contribution in [3.63, 3.8) is 0 Å². The van der Waals surface area contributed by atoms with Crippen LogP contribution in [0.4, 0.5) is 13.2 Å². The summed E-state index contributed by atoms with van der Waals surface area (Å²) in [5, 5.41) is 5.18. The third kappa shape index (κ3) is 4.33. The number of rotatable bonds is 5. The number of alkyl halides is 1. The van der Waals surface area contributed by atoms with Gasteiger partial charge in [-0.3, -0.25) is 0 Å². The van der Waals surface area contributed by atoms with Crippen LogP contribution in [0.25, 0.3) is 0 Å². The highest BCUT2D eigenvalue weighted by atomic mass is 32.2. The van der Waals surface area contributed by atoms with Gasteiger partial charge < -0.3 is 20.1 Å². The van der Waals surface area contributed by atoms with E-state index in [0.717, 1.165) is 12.1 Å². The Balaban J connectivity index is 1.76. The Kier molecular flexibility index (Phi) is 5.87. The van der Waals surface area contributed by atoms with Crippen molar-refractivity contribution in [1.29, 1.82) is 0 Å². The molecular formula is C17H21F3N4O2S. The van der Waals surface area contributed by atoms with Gasteiger partial charge in [-0.2, -0.15) is 0 Å². The van der Waals surface area contributed by atoms with Gasteiger partial charge in [-0.1, -0.05) is 16.3 Å². The van der Waals surface area contributed by atoms with Crippen LogP contribution in [0, 0.1) is 11.6 Å².